The van der Waals surface area contributed by atoms with Gasteiger partial charge < -0.3 is 4.42 Å². The molecule has 57 heavy (non-hydrogen) atoms. The molecule has 0 saturated carbocycles. The van der Waals surface area contributed by atoms with Gasteiger partial charge in [0.05, 0.1) is 0 Å². The Hall–Kier alpha value is -7.69. The van der Waals surface area contributed by atoms with Crippen LogP contribution in [0.25, 0.3) is 76.9 Å². The van der Waals surface area contributed by atoms with Crippen LogP contribution in [0.4, 0.5) is 0 Å². The lowest BCUT2D eigenvalue weighted by atomic mass is 9.93. The molecule has 0 bridgehead atoms. The lowest BCUT2D eigenvalue weighted by molar-refractivity contribution is 0.673. The topological polar surface area (TPSA) is 61.7 Å². The second kappa shape index (κ2) is 14.5. The third-order valence-corrected chi connectivity index (χ3v) is 10.6. The van der Waals surface area contributed by atoms with Gasteiger partial charge >= 0.3 is 0 Å². The van der Waals surface area contributed by atoms with Crippen molar-refractivity contribution >= 4 is 61.4 Å². The Labute approximate surface area is 330 Å². The molecule has 268 valence electrons. The first-order valence-corrected chi connectivity index (χ1v) is 19.0. The summed E-state index contributed by atoms with van der Waals surface area (Å²) in [7, 11) is 0. The largest absolute Gasteiger partial charge is 0.455 e. The number of furan rings is 1. The molecule has 0 fully saturated rings. The molecule has 0 unspecified atom stereocenters. The molecule has 0 aliphatic rings. The molecule has 10 aromatic rings. The van der Waals surface area contributed by atoms with Gasteiger partial charge in [0, 0.05) is 33.5 Å². The lowest BCUT2D eigenvalue weighted by Gasteiger charge is -2.10. The highest BCUT2D eigenvalue weighted by atomic mass is 16.3. The van der Waals surface area contributed by atoms with Crippen molar-refractivity contribution in [2.75, 3.05) is 0 Å². The van der Waals surface area contributed by atoms with Crippen molar-refractivity contribution in [3.8, 4) is 33.4 Å². The molecule has 0 radical (unpaired) electrons. The summed E-state index contributed by atoms with van der Waals surface area (Å²) < 4.78 is 6.59. The second-order valence-electron chi connectivity index (χ2n) is 14.2. The number of nitrogens with one attached hydrogen (secondary N) is 1. The van der Waals surface area contributed by atoms with Crippen molar-refractivity contribution in [2.45, 2.75) is 0 Å². The molecule has 4 nitrogen and oxygen atoms in total. The van der Waals surface area contributed by atoms with E-state index in [1.54, 1.807) is 0 Å². The first-order valence-electron chi connectivity index (χ1n) is 19.0. The van der Waals surface area contributed by atoms with E-state index in [9.17, 15) is 0 Å². The minimum absolute atomic E-state index is 0.161. The Kier molecular flexibility index (Phi) is 8.62. The Balaban J connectivity index is 1.00. The van der Waals surface area contributed by atoms with Gasteiger partial charge in [-0.3, -0.25) is 5.41 Å². The van der Waals surface area contributed by atoms with E-state index in [0.717, 1.165) is 71.3 Å². The Bertz CT molecular complexity index is 3180. The predicted octanol–water partition coefficient (Wildman–Crippen LogP) is 13.8. The van der Waals surface area contributed by atoms with Crippen molar-refractivity contribution in [2.24, 2.45) is 9.98 Å². The normalized spacial score (nSPS) is 12.0. The zero-order valence-corrected chi connectivity index (χ0v) is 30.9. The van der Waals surface area contributed by atoms with E-state index in [1.807, 2.05) is 54.7 Å². The maximum Gasteiger partial charge on any atom is 0.161 e. The minimum Gasteiger partial charge on any atom is -0.455 e. The molecular weight excluding hydrogens is 695 g/mol. The van der Waals surface area contributed by atoms with Crippen LogP contribution in [0.2, 0.25) is 0 Å². The standard InChI is InChI=1S/C53H35N3O/c54-52(39-15-5-2-6-16-39)56-53(44-27-26-37-14-7-8-17-40(37)31-44)55-34-35-22-24-38(25-23-35)42-28-29-50-48(32-42)49-33-47(45-20-9-10-21-46(45)51(49)57-50)43-19-11-18-41(30-43)36-12-3-1-4-13-36/h1-34,54H. The van der Waals surface area contributed by atoms with Crippen molar-refractivity contribution in [3.63, 3.8) is 0 Å². The van der Waals surface area contributed by atoms with Gasteiger partial charge in [-0.1, -0.05) is 170 Å². The van der Waals surface area contributed by atoms with Gasteiger partial charge in [0.15, 0.2) is 11.7 Å². The van der Waals surface area contributed by atoms with Crippen molar-refractivity contribution in [1.29, 1.82) is 5.41 Å². The van der Waals surface area contributed by atoms with Crippen LogP contribution in [0.5, 0.6) is 0 Å². The second-order valence-corrected chi connectivity index (χ2v) is 14.2. The number of hydrogen-bond donors (Lipinski definition) is 1. The van der Waals surface area contributed by atoms with Crippen LogP contribution in [-0.4, -0.2) is 17.9 Å². The van der Waals surface area contributed by atoms with Crippen LogP contribution in [-0.2, 0) is 0 Å². The van der Waals surface area contributed by atoms with E-state index >= 15 is 0 Å². The molecule has 0 atom stereocenters. The molecule has 0 spiro atoms. The number of fused-ring (bicyclic) bond motifs is 6. The fraction of sp³-hybridized carbons (Fsp3) is 0. The fourth-order valence-electron chi connectivity index (χ4n) is 7.67. The molecule has 0 saturated heterocycles. The van der Waals surface area contributed by atoms with Gasteiger partial charge in [0.25, 0.3) is 0 Å². The molecule has 0 amide bonds. The van der Waals surface area contributed by atoms with E-state index < -0.39 is 0 Å². The van der Waals surface area contributed by atoms with Crippen LogP contribution in [0.3, 0.4) is 0 Å². The van der Waals surface area contributed by atoms with Crippen LogP contribution in [0.1, 0.15) is 16.7 Å². The number of hydrogen-bond acceptors (Lipinski definition) is 2. The SMILES string of the molecule is N=C(N=C(N=Cc1ccc(-c2ccc3oc4c5ccccc5c(-c5cccc(-c6ccccc6)c5)cc4c3c2)cc1)c1ccc2ccccc2c1)c1ccccc1. The van der Waals surface area contributed by atoms with Crippen molar-refractivity contribution < 1.29 is 4.42 Å². The average Bonchev–Trinajstić information content (AvgIpc) is 3.66. The minimum atomic E-state index is 0.161. The van der Waals surface area contributed by atoms with Gasteiger partial charge in [-0.2, -0.15) is 0 Å². The summed E-state index contributed by atoms with van der Waals surface area (Å²) in [4.78, 5) is 9.57. The fourth-order valence-corrected chi connectivity index (χ4v) is 7.67. The van der Waals surface area contributed by atoms with E-state index in [2.05, 4.69) is 152 Å². The molecule has 1 heterocycles. The summed E-state index contributed by atoms with van der Waals surface area (Å²) in [6.45, 7) is 0. The van der Waals surface area contributed by atoms with Crippen LogP contribution >= 0.6 is 0 Å². The van der Waals surface area contributed by atoms with Gasteiger partial charge in [-0.05, 0) is 85.4 Å². The average molecular weight is 730 g/mol. The molecule has 10 rings (SSSR count). The van der Waals surface area contributed by atoms with E-state index in [0.29, 0.717) is 5.84 Å². The zero-order valence-electron chi connectivity index (χ0n) is 30.9. The third-order valence-electron chi connectivity index (χ3n) is 10.6. The number of aliphatic imine (C=N–C) groups is 2. The highest BCUT2D eigenvalue weighted by molar-refractivity contribution is 6.20. The number of amidine groups is 2. The molecule has 9 aromatic carbocycles. The smallest absolute Gasteiger partial charge is 0.161 e. The molecule has 4 heteroatoms. The maximum atomic E-state index is 8.74. The summed E-state index contributed by atoms with van der Waals surface area (Å²) in [6.07, 6.45) is 1.82. The van der Waals surface area contributed by atoms with E-state index in [4.69, 9.17) is 19.8 Å². The van der Waals surface area contributed by atoms with E-state index in [1.165, 1.54) is 22.3 Å². The van der Waals surface area contributed by atoms with Crippen molar-refractivity contribution in [3.05, 3.63) is 217 Å². The number of rotatable bonds is 6. The molecule has 1 aromatic heterocycles. The van der Waals surface area contributed by atoms with Gasteiger partial charge in [-0.15, -0.1) is 0 Å². The maximum absolute atomic E-state index is 8.74. The highest BCUT2D eigenvalue weighted by Gasteiger charge is 2.16. The Morgan fingerprint density at radius 1 is 0.439 bits per heavy atom. The summed E-state index contributed by atoms with van der Waals surface area (Å²) in [6, 6.07) is 68.9. The van der Waals surface area contributed by atoms with Gasteiger partial charge in [0.2, 0.25) is 0 Å². The predicted molar refractivity (Wildman–Crippen MR) is 239 cm³/mol. The quantitative estimate of drug-likeness (QED) is 0.134. The number of benzene rings is 9. The van der Waals surface area contributed by atoms with Gasteiger partial charge in [0.1, 0.15) is 11.2 Å². The van der Waals surface area contributed by atoms with Gasteiger partial charge in [-0.25, -0.2) is 9.98 Å². The summed E-state index contributed by atoms with van der Waals surface area (Å²) in [5, 5.41) is 15.4. The van der Waals surface area contributed by atoms with Crippen LogP contribution in [0, 0.1) is 5.41 Å². The summed E-state index contributed by atoms with van der Waals surface area (Å²) in [5.74, 6) is 0.642. The zero-order chi connectivity index (χ0) is 38.1. The molecule has 1 N–H and O–H groups in total. The summed E-state index contributed by atoms with van der Waals surface area (Å²) in [5.41, 5.74) is 11.2. The number of nitrogens with zero attached hydrogens (tertiary/aromatic N) is 2. The summed E-state index contributed by atoms with van der Waals surface area (Å²) >= 11 is 0. The molecule has 0 aliphatic heterocycles. The van der Waals surface area contributed by atoms with E-state index in [-0.39, 0.29) is 5.84 Å². The third kappa shape index (κ3) is 6.60. The Morgan fingerprint density at radius 2 is 1.09 bits per heavy atom. The molecular formula is C53H35N3O. The highest BCUT2D eigenvalue weighted by Crippen LogP contribution is 2.41. The Morgan fingerprint density at radius 3 is 1.91 bits per heavy atom. The first-order chi connectivity index (χ1) is 28.1. The lowest BCUT2D eigenvalue weighted by Crippen LogP contribution is -2.04. The van der Waals surface area contributed by atoms with Crippen LogP contribution in [0.15, 0.2) is 215 Å². The van der Waals surface area contributed by atoms with Crippen molar-refractivity contribution in [1.82, 2.24) is 0 Å². The monoisotopic (exact) mass is 729 g/mol. The first kappa shape index (κ1) is 33.8. The molecule has 0 aliphatic carbocycles. The van der Waals surface area contributed by atoms with Crippen LogP contribution < -0.4 is 0 Å².